The van der Waals surface area contributed by atoms with E-state index in [0.29, 0.717) is 33.7 Å². The fourth-order valence-electron chi connectivity index (χ4n) is 4.45. The molecule has 41 heavy (non-hydrogen) atoms. The third-order valence-electron chi connectivity index (χ3n) is 6.40. The van der Waals surface area contributed by atoms with E-state index in [-0.39, 0.29) is 24.1 Å². The molecule has 208 valence electrons. The number of carbonyl (C=O) groups excluding carboxylic acids is 2. The van der Waals surface area contributed by atoms with Crippen molar-refractivity contribution in [1.29, 1.82) is 0 Å². The van der Waals surface area contributed by atoms with Crippen LogP contribution in [0.1, 0.15) is 21.7 Å². The maximum atomic E-state index is 13.3. The summed E-state index contributed by atoms with van der Waals surface area (Å²) in [6.07, 6.45) is 0. The molecule has 0 saturated carbocycles. The molecule has 0 atom stereocenters. The lowest BCUT2D eigenvalue weighted by Crippen LogP contribution is -2.25. The summed E-state index contributed by atoms with van der Waals surface area (Å²) in [4.78, 5) is 26.0. The summed E-state index contributed by atoms with van der Waals surface area (Å²) in [5.41, 5.74) is 2.96. The van der Waals surface area contributed by atoms with Crippen LogP contribution in [0.25, 0.3) is 16.5 Å². The van der Waals surface area contributed by atoms with Gasteiger partial charge in [-0.1, -0.05) is 60.3 Å². The zero-order chi connectivity index (χ0) is 28.8. The number of methoxy groups -OCH3 is 2. The predicted molar refractivity (Wildman–Crippen MR) is 160 cm³/mol. The Morgan fingerprint density at radius 3 is 2.51 bits per heavy atom. The van der Waals surface area contributed by atoms with Crippen LogP contribution in [0.2, 0.25) is 0 Å². The lowest BCUT2D eigenvalue weighted by molar-refractivity contribution is -0.113. The van der Waals surface area contributed by atoms with Gasteiger partial charge in [0.1, 0.15) is 11.5 Å². The van der Waals surface area contributed by atoms with Gasteiger partial charge in [0.25, 0.3) is 5.91 Å². The van der Waals surface area contributed by atoms with Crippen LogP contribution in [0.3, 0.4) is 0 Å². The standard InChI is InChI=1S/C31H29N5O4S/c1-20-8-6-11-22(16-20)33-29(37)19-41-31-35-34-28(36(31)26-17-23(39-2)14-15-27(26)40-3)18-32-30(38)25-13-7-10-21-9-4-5-12-24(21)25/h4-17H,18-19H2,1-3H3,(H,32,38)(H,33,37). The molecule has 5 rings (SSSR count). The fourth-order valence-corrected chi connectivity index (χ4v) is 5.21. The minimum Gasteiger partial charge on any atom is -0.497 e. The van der Waals surface area contributed by atoms with Gasteiger partial charge in [-0.15, -0.1) is 10.2 Å². The van der Waals surface area contributed by atoms with Gasteiger partial charge in [-0.3, -0.25) is 14.2 Å². The first kappa shape index (κ1) is 27.7. The second kappa shape index (κ2) is 12.6. The van der Waals surface area contributed by atoms with E-state index in [4.69, 9.17) is 9.47 Å². The molecule has 0 aliphatic heterocycles. The van der Waals surface area contributed by atoms with Crippen LogP contribution >= 0.6 is 11.8 Å². The maximum Gasteiger partial charge on any atom is 0.252 e. The van der Waals surface area contributed by atoms with Crippen LogP contribution in [0, 0.1) is 6.92 Å². The van der Waals surface area contributed by atoms with Gasteiger partial charge in [0.2, 0.25) is 5.91 Å². The number of aromatic nitrogens is 3. The molecular formula is C31H29N5O4S. The Hall–Kier alpha value is -4.83. The number of ether oxygens (including phenoxy) is 2. The highest BCUT2D eigenvalue weighted by Crippen LogP contribution is 2.32. The van der Waals surface area contributed by atoms with E-state index in [1.807, 2.05) is 67.6 Å². The molecule has 4 aromatic carbocycles. The van der Waals surface area contributed by atoms with Gasteiger partial charge in [0.15, 0.2) is 11.0 Å². The van der Waals surface area contributed by atoms with Gasteiger partial charge in [0, 0.05) is 17.3 Å². The van der Waals surface area contributed by atoms with Crippen LogP contribution in [0.5, 0.6) is 11.5 Å². The van der Waals surface area contributed by atoms with Crippen LogP contribution in [0.4, 0.5) is 5.69 Å². The molecule has 9 nitrogen and oxygen atoms in total. The molecule has 2 amide bonds. The first-order chi connectivity index (χ1) is 20.0. The summed E-state index contributed by atoms with van der Waals surface area (Å²) >= 11 is 1.23. The first-order valence-corrected chi connectivity index (χ1v) is 13.9. The van der Waals surface area contributed by atoms with E-state index in [2.05, 4.69) is 20.8 Å². The number of amides is 2. The number of hydrogen-bond acceptors (Lipinski definition) is 7. The minimum absolute atomic E-state index is 0.0888. The highest BCUT2D eigenvalue weighted by molar-refractivity contribution is 7.99. The number of nitrogens with one attached hydrogen (secondary N) is 2. The van der Waals surface area contributed by atoms with Crippen LogP contribution in [0.15, 0.2) is 90.1 Å². The second-order valence-electron chi connectivity index (χ2n) is 9.19. The van der Waals surface area contributed by atoms with E-state index in [0.717, 1.165) is 22.0 Å². The van der Waals surface area contributed by atoms with Gasteiger partial charge in [0.05, 0.1) is 32.2 Å². The quantitative estimate of drug-likeness (QED) is 0.217. The molecule has 0 unspecified atom stereocenters. The summed E-state index contributed by atoms with van der Waals surface area (Å²) in [7, 11) is 3.15. The zero-order valence-corrected chi connectivity index (χ0v) is 23.7. The molecule has 0 aliphatic carbocycles. The largest absolute Gasteiger partial charge is 0.497 e. The Kier molecular flexibility index (Phi) is 8.50. The van der Waals surface area contributed by atoms with Gasteiger partial charge < -0.3 is 20.1 Å². The van der Waals surface area contributed by atoms with E-state index in [9.17, 15) is 9.59 Å². The monoisotopic (exact) mass is 567 g/mol. The number of hydrogen-bond donors (Lipinski definition) is 2. The SMILES string of the molecule is COc1ccc(OC)c(-n2c(CNC(=O)c3cccc4ccccc34)nnc2SCC(=O)Nc2cccc(C)c2)c1. The van der Waals surface area contributed by atoms with E-state index in [1.165, 1.54) is 11.8 Å². The Bertz CT molecular complexity index is 1710. The lowest BCUT2D eigenvalue weighted by atomic mass is 10.0. The van der Waals surface area contributed by atoms with Gasteiger partial charge >= 0.3 is 0 Å². The summed E-state index contributed by atoms with van der Waals surface area (Å²) in [5, 5.41) is 16.9. The van der Waals surface area contributed by atoms with Gasteiger partial charge in [-0.25, -0.2) is 0 Å². The number of fused-ring (bicyclic) bond motifs is 1. The molecule has 0 radical (unpaired) electrons. The van der Waals surface area contributed by atoms with Crippen molar-refractivity contribution in [3.8, 4) is 17.2 Å². The van der Waals surface area contributed by atoms with Crippen molar-refractivity contribution in [2.24, 2.45) is 0 Å². The zero-order valence-electron chi connectivity index (χ0n) is 22.9. The Labute approximate surface area is 241 Å². The average molecular weight is 568 g/mol. The van der Waals surface area contributed by atoms with Crippen LogP contribution in [-0.2, 0) is 11.3 Å². The number of thioether (sulfide) groups is 1. The number of aryl methyl sites for hydroxylation is 1. The second-order valence-corrected chi connectivity index (χ2v) is 10.1. The molecule has 0 saturated heterocycles. The molecule has 1 heterocycles. The maximum absolute atomic E-state index is 13.3. The average Bonchev–Trinajstić information content (AvgIpc) is 3.40. The lowest BCUT2D eigenvalue weighted by Gasteiger charge is -2.15. The van der Waals surface area contributed by atoms with Crippen molar-refractivity contribution in [2.75, 3.05) is 25.3 Å². The normalized spacial score (nSPS) is 10.8. The summed E-state index contributed by atoms with van der Waals surface area (Å²) < 4.78 is 12.9. The van der Waals surface area contributed by atoms with Gasteiger partial charge in [-0.2, -0.15) is 0 Å². The Balaban J connectivity index is 1.42. The molecule has 5 aromatic rings. The van der Waals surface area contributed by atoms with Crippen molar-refractivity contribution in [2.45, 2.75) is 18.6 Å². The minimum atomic E-state index is -0.235. The van der Waals surface area contributed by atoms with Crippen molar-refractivity contribution < 1.29 is 19.1 Å². The van der Waals surface area contributed by atoms with Crippen molar-refractivity contribution in [1.82, 2.24) is 20.1 Å². The third kappa shape index (κ3) is 6.33. The van der Waals surface area contributed by atoms with Crippen molar-refractivity contribution in [3.05, 3.63) is 102 Å². The molecule has 2 N–H and O–H groups in total. The summed E-state index contributed by atoms with van der Waals surface area (Å²) in [6, 6.07) is 26.3. The van der Waals surface area contributed by atoms with Crippen LogP contribution < -0.4 is 20.1 Å². The third-order valence-corrected chi connectivity index (χ3v) is 7.33. The smallest absolute Gasteiger partial charge is 0.252 e. The number of anilines is 1. The number of nitrogens with zero attached hydrogens (tertiary/aromatic N) is 3. The molecule has 0 fully saturated rings. The molecule has 0 aliphatic rings. The van der Waals surface area contributed by atoms with E-state index < -0.39 is 0 Å². The molecular weight excluding hydrogens is 538 g/mol. The first-order valence-electron chi connectivity index (χ1n) is 12.9. The molecule has 1 aromatic heterocycles. The number of benzene rings is 4. The fraction of sp³-hybridized carbons (Fsp3) is 0.161. The Morgan fingerprint density at radius 1 is 0.902 bits per heavy atom. The number of carbonyl (C=O) groups is 2. The topological polar surface area (TPSA) is 107 Å². The van der Waals surface area contributed by atoms with Crippen molar-refractivity contribution in [3.63, 3.8) is 0 Å². The Morgan fingerprint density at radius 2 is 1.71 bits per heavy atom. The van der Waals surface area contributed by atoms with Crippen LogP contribution in [-0.4, -0.2) is 46.6 Å². The predicted octanol–water partition coefficient (Wildman–Crippen LogP) is 5.41. The van der Waals surface area contributed by atoms with E-state index >= 15 is 0 Å². The summed E-state index contributed by atoms with van der Waals surface area (Å²) in [5.74, 6) is 1.30. The molecule has 10 heteroatoms. The van der Waals surface area contributed by atoms with Gasteiger partial charge in [-0.05, 0) is 53.6 Å². The highest BCUT2D eigenvalue weighted by atomic mass is 32.2. The van der Waals surface area contributed by atoms with E-state index in [1.54, 1.807) is 43.1 Å². The summed E-state index contributed by atoms with van der Waals surface area (Å²) in [6.45, 7) is 2.06. The highest BCUT2D eigenvalue weighted by Gasteiger charge is 2.21. The molecule has 0 bridgehead atoms. The number of rotatable bonds is 10. The molecule has 0 spiro atoms. The van der Waals surface area contributed by atoms with Crippen molar-refractivity contribution >= 4 is 40.0 Å².